The molecule has 0 saturated heterocycles. The maximum absolute atomic E-state index is 13.0. The first kappa shape index (κ1) is 19.0. The van der Waals surface area contributed by atoms with Gasteiger partial charge in [-0.05, 0) is 12.1 Å². The van der Waals surface area contributed by atoms with Gasteiger partial charge in [0.2, 0.25) is 11.8 Å². The second kappa shape index (κ2) is 7.67. The Balaban J connectivity index is 1.40. The van der Waals surface area contributed by atoms with E-state index in [0.29, 0.717) is 28.1 Å². The van der Waals surface area contributed by atoms with Crippen molar-refractivity contribution in [1.82, 2.24) is 25.3 Å². The monoisotopic (exact) mass is 443 g/mol. The van der Waals surface area contributed by atoms with E-state index >= 15 is 0 Å². The van der Waals surface area contributed by atoms with E-state index in [2.05, 4.69) is 30.6 Å². The van der Waals surface area contributed by atoms with Gasteiger partial charge in [0.1, 0.15) is 5.56 Å². The highest BCUT2D eigenvalue weighted by Gasteiger charge is 2.31. The molecule has 0 aliphatic carbocycles. The summed E-state index contributed by atoms with van der Waals surface area (Å²) in [4.78, 5) is 31.8. The van der Waals surface area contributed by atoms with Crippen molar-refractivity contribution in [1.29, 1.82) is 0 Å². The van der Waals surface area contributed by atoms with E-state index in [-0.39, 0.29) is 30.0 Å². The Morgan fingerprint density at radius 1 is 1.10 bits per heavy atom. The number of amides is 1. The number of nitrogens with one attached hydrogen (secondary N) is 2. The molecule has 4 heterocycles. The van der Waals surface area contributed by atoms with Gasteiger partial charge in [-0.25, -0.2) is 9.97 Å². The average molecular weight is 444 g/mol. The van der Waals surface area contributed by atoms with E-state index in [1.165, 1.54) is 11.1 Å². The number of hydrogen-bond acceptors (Lipinski definition) is 8. The normalized spacial score (nSPS) is 15.3. The minimum atomic E-state index is -0.348. The summed E-state index contributed by atoms with van der Waals surface area (Å²) in [7, 11) is 0. The molecule has 30 heavy (non-hydrogen) atoms. The molecule has 9 nitrogen and oxygen atoms in total. The quantitative estimate of drug-likeness (QED) is 0.636. The van der Waals surface area contributed by atoms with Crippen molar-refractivity contribution in [3.8, 4) is 5.88 Å². The average Bonchev–Trinajstić information content (AvgIpc) is 2.75. The number of nitrogens with zero attached hydrogens (tertiary/aromatic N) is 5. The third-order valence-corrected chi connectivity index (χ3v) is 5.38. The molecule has 1 amide bonds. The van der Waals surface area contributed by atoms with Crippen LogP contribution in [0.25, 0.3) is 0 Å². The lowest BCUT2D eigenvalue weighted by atomic mass is 10.2. The second-order valence-electron chi connectivity index (χ2n) is 6.69. The van der Waals surface area contributed by atoms with Gasteiger partial charge >= 0.3 is 0 Å². The number of carbonyl (C=O) groups excluding carboxylic acids is 1. The Morgan fingerprint density at radius 2 is 1.93 bits per heavy atom. The number of rotatable bonds is 3. The molecule has 0 unspecified atom stereocenters. The molecule has 2 aliphatic rings. The highest BCUT2D eigenvalue weighted by Crippen LogP contribution is 2.37. The Bertz CT molecular complexity index is 1140. The van der Waals surface area contributed by atoms with Gasteiger partial charge in [0.05, 0.1) is 33.3 Å². The van der Waals surface area contributed by atoms with Crippen molar-refractivity contribution in [2.75, 3.05) is 23.5 Å². The molecule has 0 radical (unpaired) electrons. The van der Waals surface area contributed by atoms with E-state index in [9.17, 15) is 4.79 Å². The van der Waals surface area contributed by atoms with Gasteiger partial charge in [0.25, 0.3) is 5.91 Å². The summed E-state index contributed by atoms with van der Waals surface area (Å²) in [5.41, 5.74) is 2.48. The number of carbonyl (C=O) groups is 1. The minimum Gasteiger partial charge on any atom is -0.455 e. The van der Waals surface area contributed by atoms with Crippen LogP contribution in [-0.4, -0.2) is 39.1 Å². The first-order chi connectivity index (χ1) is 14.6. The Morgan fingerprint density at radius 3 is 2.77 bits per heavy atom. The molecule has 11 heteroatoms. The molecule has 2 aromatic heterocycles. The lowest BCUT2D eigenvalue weighted by Gasteiger charge is -2.29. The van der Waals surface area contributed by atoms with Gasteiger partial charge in [0.15, 0.2) is 12.5 Å². The van der Waals surface area contributed by atoms with Crippen LogP contribution in [0.5, 0.6) is 5.88 Å². The van der Waals surface area contributed by atoms with E-state index in [0.717, 1.165) is 24.4 Å². The summed E-state index contributed by atoms with van der Waals surface area (Å²) >= 11 is 12.5. The summed E-state index contributed by atoms with van der Waals surface area (Å²) in [5.74, 6) is 0.613. The van der Waals surface area contributed by atoms with Gasteiger partial charge in [0, 0.05) is 25.7 Å². The van der Waals surface area contributed by atoms with E-state index in [1.54, 1.807) is 24.4 Å². The third kappa shape index (κ3) is 3.41. The Hall–Kier alpha value is -3.01. The predicted octanol–water partition coefficient (Wildman–Crippen LogP) is 2.96. The van der Waals surface area contributed by atoms with Crippen molar-refractivity contribution in [3.63, 3.8) is 0 Å². The van der Waals surface area contributed by atoms with Crippen LogP contribution in [0.1, 0.15) is 21.7 Å². The molecule has 0 fully saturated rings. The van der Waals surface area contributed by atoms with E-state index in [4.69, 9.17) is 27.9 Å². The zero-order chi connectivity index (χ0) is 20.7. The fraction of sp³-hybridized carbons (Fsp3) is 0.211. The predicted molar refractivity (Wildman–Crippen MR) is 112 cm³/mol. The number of benzene rings is 1. The number of aromatic nitrogens is 4. The summed E-state index contributed by atoms with van der Waals surface area (Å²) in [6.07, 6.45) is 3.84. The van der Waals surface area contributed by atoms with Crippen molar-refractivity contribution >= 4 is 46.6 Å². The SMILES string of the molecule is O=C1c2cnc(Nc3cnc4c(n3)CCNC4)nc2OCN1c1c(Cl)cccc1Cl. The largest absolute Gasteiger partial charge is 0.455 e. The van der Waals surface area contributed by atoms with Crippen LogP contribution in [0.4, 0.5) is 17.5 Å². The first-order valence-electron chi connectivity index (χ1n) is 9.18. The number of para-hydroxylation sites is 1. The summed E-state index contributed by atoms with van der Waals surface area (Å²) in [6.45, 7) is 1.50. The van der Waals surface area contributed by atoms with Crippen LogP contribution in [-0.2, 0) is 13.0 Å². The van der Waals surface area contributed by atoms with Gasteiger partial charge in [-0.2, -0.15) is 4.98 Å². The Kier molecular flexibility index (Phi) is 4.86. The molecule has 2 aliphatic heterocycles. The third-order valence-electron chi connectivity index (χ3n) is 4.77. The standard InChI is InChI=1S/C19H15Cl2N7O2/c20-11-2-1-3-12(21)16(11)28-9-30-17-10(18(28)29)6-24-19(27-17)26-15-8-23-14-7-22-5-4-13(14)25-15/h1-3,6,8,22H,4-5,7,9H2,(H,24,25,26,27). The molecular weight excluding hydrogens is 429 g/mol. The lowest BCUT2D eigenvalue weighted by Crippen LogP contribution is -2.39. The summed E-state index contributed by atoms with van der Waals surface area (Å²) < 4.78 is 5.69. The van der Waals surface area contributed by atoms with Gasteiger partial charge in [-0.1, -0.05) is 29.3 Å². The number of anilines is 3. The molecule has 1 aromatic carbocycles. The topological polar surface area (TPSA) is 105 Å². The zero-order valence-corrected chi connectivity index (χ0v) is 17.0. The number of fused-ring (bicyclic) bond motifs is 2. The van der Waals surface area contributed by atoms with Gasteiger partial charge < -0.3 is 15.4 Å². The highest BCUT2D eigenvalue weighted by molar-refractivity contribution is 6.40. The summed E-state index contributed by atoms with van der Waals surface area (Å²) in [5, 5.41) is 6.97. The molecule has 0 saturated carbocycles. The maximum atomic E-state index is 13.0. The molecule has 152 valence electrons. The molecule has 0 spiro atoms. The molecule has 5 rings (SSSR count). The lowest BCUT2D eigenvalue weighted by molar-refractivity contribution is 0.0932. The number of ether oxygens (including phenoxy) is 1. The maximum Gasteiger partial charge on any atom is 0.268 e. The van der Waals surface area contributed by atoms with E-state index in [1.807, 2.05) is 0 Å². The molecular formula is C19H15Cl2N7O2. The molecule has 0 bridgehead atoms. The van der Waals surface area contributed by atoms with Crippen LogP contribution in [0, 0.1) is 0 Å². The Labute approximate surface area is 181 Å². The smallest absolute Gasteiger partial charge is 0.268 e. The van der Waals surface area contributed by atoms with Crippen LogP contribution in [0.3, 0.4) is 0 Å². The number of hydrogen-bond donors (Lipinski definition) is 2. The molecule has 3 aromatic rings. The first-order valence-corrected chi connectivity index (χ1v) is 9.94. The van der Waals surface area contributed by atoms with E-state index < -0.39 is 0 Å². The van der Waals surface area contributed by atoms with Crippen molar-refractivity contribution in [2.45, 2.75) is 13.0 Å². The van der Waals surface area contributed by atoms with Crippen molar-refractivity contribution in [3.05, 3.63) is 57.6 Å². The molecule has 2 N–H and O–H groups in total. The van der Waals surface area contributed by atoms with Crippen molar-refractivity contribution < 1.29 is 9.53 Å². The van der Waals surface area contributed by atoms with Crippen LogP contribution < -0.4 is 20.3 Å². The van der Waals surface area contributed by atoms with Crippen LogP contribution in [0.15, 0.2) is 30.6 Å². The van der Waals surface area contributed by atoms with Crippen LogP contribution in [0.2, 0.25) is 10.0 Å². The van der Waals surface area contributed by atoms with Gasteiger partial charge in [-0.3, -0.25) is 14.7 Å². The summed E-state index contributed by atoms with van der Waals surface area (Å²) in [6, 6.07) is 5.02. The highest BCUT2D eigenvalue weighted by atomic mass is 35.5. The van der Waals surface area contributed by atoms with Gasteiger partial charge in [-0.15, -0.1) is 0 Å². The molecule has 0 atom stereocenters. The zero-order valence-electron chi connectivity index (χ0n) is 15.5. The minimum absolute atomic E-state index is 0.0720. The van der Waals surface area contributed by atoms with Crippen molar-refractivity contribution in [2.24, 2.45) is 0 Å². The van der Waals surface area contributed by atoms with Crippen LogP contribution >= 0.6 is 23.2 Å². The second-order valence-corrected chi connectivity index (χ2v) is 7.50. The number of halogens is 2. The fourth-order valence-electron chi connectivity index (χ4n) is 3.31. The fourth-order valence-corrected chi connectivity index (χ4v) is 3.92.